The number of carbonyl (C=O) groups is 1. The van der Waals surface area contributed by atoms with Gasteiger partial charge in [-0.05, 0) is 24.3 Å². The van der Waals surface area contributed by atoms with Crippen LogP contribution in [0.1, 0.15) is 36.5 Å². The van der Waals surface area contributed by atoms with Gasteiger partial charge in [-0.2, -0.15) is 0 Å². The molecular formula is C14H20N2O2. The third-order valence-electron chi connectivity index (χ3n) is 3.93. The molecule has 2 unspecified atom stereocenters. The van der Waals surface area contributed by atoms with E-state index in [1.54, 1.807) is 19.3 Å². The molecule has 1 N–H and O–H groups in total. The van der Waals surface area contributed by atoms with Gasteiger partial charge in [0.1, 0.15) is 0 Å². The van der Waals surface area contributed by atoms with Gasteiger partial charge in [-0.3, -0.25) is 9.59 Å². The molecule has 98 valence electrons. The second-order valence-electron chi connectivity index (χ2n) is 5.24. The monoisotopic (exact) mass is 248 g/mol. The lowest BCUT2D eigenvalue weighted by atomic mass is 9.98. The molecule has 1 amide bonds. The molecule has 1 heterocycles. The van der Waals surface area contributed by atoms with Gasteiger partial charge in [-0.15, -0.1) is 0 Å². The third kappa shape index (κ3) is 2.81. The molecule has 0 aliphatic heterocycles. The minimum atomic E-state index is -0.156. The molecule has 2 rings (SSSR count). The highest BCUT2D eigenvalue weighted by atomic mass is 16.2. The van der Waals surface area contributed by atoms with Crippen LogP contribution in [0.25, 0.3) is 0 Å². The predicted octanol–water partition coefficient (Wildman–Crippen LogP) is 1.55. The van der Waals surface area contributed by atoms with Crippen LogP contribution < -0.4 is 10.9 Å². The highest BCUT2D eigenvalue weighted by Crippen LogP contribution is 2.30. The molecule has 0 saturated heterocycles. The number of aromatic nitrogens is 1. The summed E-state index contributed by atoms with van der Waals surface area (Å²) in [6, 6.07) is 3.06. The van der Waals surface area contributed by atoms with Gasteiger partial charge >= 0.3 is 0 Å². The first-order valence-electron chi connectivity index (χ1n) is 6.53. The third-order valence-corrected chi connectivity index (χ3v) is 3.93. The van der Waals surface area contributed by atoms with Crippen LogP contribution in [0.5, 0.6) is 0 Å². The molecule has 1 aliphatic rings. The van der Waals surface area contributed by atoms with E-state index < -0.39 is 0 Å². The maximum atomic E-state index is 11.9. The maximum Gasteiger partial charge on any atom is 0.251 e. The number of rotatable bonds is 3. The zero-order valence-electron chi connectivity index (χ0n) is 11.0. The van der Waals surface area contributed by atoms with Crippen LogP contribution in [0.2, 0.25) is 0 Å². The van der Waals surface area contributed by atoms with Crippen molar-refractivity contribution in [3.05, 3.63) is 34.2 Å². The minimum absolute atomic E-state index is 0.146. The molecule has 1 fully saturated rings. The van der Waals surface area contributed by atoms with Crippen molar-refractivity contribution in [1.82, 2.24) is 9.88 Å². The minimum Gasteiger partial charge on any atom is -0.352 e. The zero-order chi connectivity index (χ0) is 13.1. The van der Waals surface area contributed by atoms with Crippen molar-refractivity contribution >= 4 is 5.91 Å². The van der Waals surface area contributed by atoms with Crippen LogP contribution in [0, 0.1) is 11.8 Å². The summed E-state index contributed by atoms with van der Waals surface area (Å²) in [4.78, 5) is 23.4. The number of nitrogens with one attached hydrogen (secondary N) is 1. The molecule has 4 nitrogen and oxygen atoms in total. The Labute approximate surface area is 107 Å². The second-order valence-corrected chi connectivity index (χ2v) is 5.24. The van der Waals surface area contributed by atoms with Crippen molar-refractivity contribution in [2.75, 3.05) is 6.54 Å². The van der Waals surface area contributed by atoms with E-state index in [1.807, 2.05) is 0 Å². The number of hydrogen-bond acceptors (Lipinski definition) is 2. The van der Waals surface area contributed by atoms with E-state index in [9.17, 15) is 9.59 Å². The van der Waals surface area contributed by atoms with Gasteiger partial charge in [0, 0.05) is 31.4 Å². The van der Waals surface area contributed by atoms with Crippen molar-refractivity contribution in [2.24, 2.45) is 18.9 Å². The van der Waals surface area contributed by atoms with E-state index in [-0.39, 0.29) is 11.5 Å². The number of aryl methyl sites for hydroxylation is 1. The molecule has 18 heavy (non-hydrogen) atoms. The van der Waals surface area contributed by atoms with Crippen molar-refractivity contribution in [1.29, 1.82) is 0 Å². The van der Waals surface area contributed by atoms with Crippen molar-refractivity contribution in [3.63, 3.8) is 0 Å². The summed E-state index contributed by atoms with van der Waals surface area (Å²) in [5, 5.41) is 2.93. The Morgan fingerprint density at radius 2 is 2.28 bits per heavy atom. The summed E-state index contributed by atoms with van der Waals surface area (Å²) in [6.07, 6.45) is 5.33. The predicted molar refractivity (Wildman–Crippen MR) is 70.5 cm³/mol. The van der Waals surface area contributed by atoms with Gasteiger partial charge in [-0.1, -0.05) is 19.8 Å². The first-order valence-corrected chi connectivity index (χ1v) is 6.53. The molecule has 1 aromatic heterocycles. The van der Waals surface area contributed by atoms with Crippen LogP contribution >= 0.6 is 0 Å². The number of hydrogen-bond donors (Lipinski definition) is 1. The van der Waals surface area contributed by atoms with Gasteiger partial charge in [0.2, 0.25) is 0 Å². The molecule has 0 radical (unpaired) electrons. The van der Waals surface area contributed by atoms with Crippen LogP contribution in [0.4, 0.5) is 0 Å². The molecule has 0 bridgehead atoms. The molecule has 2 atom stereocenters. The average Bonchev–Trinajstić information content (AvgIpc) is 2.75. The Morgan fingerprint density at radius 1 is 1.50 bits per heavy atom. The van der Waals surface area contributed by atoms with E-state index in [1.165, 1.54) is 29.9 Å². The fourth-order valence-corrected chi connectivity index (χ4v) is 2.54. The topological polar surface area (TPSA) is 51.1 Å². The lowest BCUT2D eigenvalue weighted by molar-refractivity contribution is 0.0944. The normalized spacial score (nSPS) is 23.0. The summed E-state index contributed by atoms with van der Waals surface area (Å²) in [5.41, 5.74) is 0.292. The number of nitrogens with zero attached hydrogens (tertiary/aromatic N) is 1. The molecule has 1 aromatic rings. The van der Waals surface area contributed by atoms with Crippen LogP contribution in [0.3, 0.4) is 0 Å². The Hall–Kier alpha value is -1.58. The Morgan fingerprint density at radius 3 is 2.89 bits per heavy atom. The second kappa shape index (κ2) is 5.38. The van der Waals surface area contributed by atoms with Crippen LogP contribution in [-0.2, 0) is 7.05 Å². The number of carbonyl (C=O) groups excluding carboxylic acids is 1. The largest absolute Gasteiger partial charge is 0.352 e. The molecule has 0 aromatic carbocycles. The first kappa shape index (κ1) is 12.9. The van der Waals surface area contributed by atoms with E-state index in [0.29, 0.717) is 17.4 Å². The van der Waals surface area contributed by atoms with Crippen molar-refractivity contribution < 1.29 is 4.79 Å². The van der Waals surface area contributed by atoms with Gasteiger partial charge in [0.25, 0.3) is 11.5 Å². The Kier molecular flexibility index (Phi) is 3.84. The first-order chi connectivity index (χ1) is 8.58. The molecule has 1 aliphatic carbocycles. The summed E-state index contributed by atoms with van der Waals surface area (Å²) < 4.78 is 1.45. The SMILES string of the molecule is CC1CCCC1CNC(=O)c1ccn(C)c(=O)c1. The Balaban J connectivity index is 1.95. The Bertz CT molecular complexity index is 493. The lowest BCUT2D eigenvalue weighted by Crippen LogP contribution is -2.31. The molecule has 1 saturated carbocycles. The van der Waals surface area contributed by atoms with Crippen molar-refractivity contribution in [3.8, 4) is 0 Å². The van der Waals surface area contributed by atoms with Gasteiger partial charge < -0.3 is 9.88 Å². The lowest BCUT2D eigenvalue weighted by Gasteiger charge is -2.15. The highest BCUT2D eigenvalue weighted by Gasteiger charge is 2.23. The number of pyridine rings is 1. The number of amides is 1. The molecule has 0 spiro atoms. The van der Waals surface area contributed by atoms with Crippen LogP contribution in [0.15, 0.2) is 23.1 Å². The zero-order valence-corrected chi connectivity index (χ0v) is 11.0. The van der Waals surface area contributed by atoms with Gasteiger partial charge in [0.15, 0.2) is 0 Å². The summed E-state index contributed by atoms with van der Waals surface area (Å²) in [6.45, 7) is 2.96. The molecular weight excluding hydrogens is 228 g/mol. The summed E-state index contributed by atoms with van der Waals surface area (Å²) in [5.74, 6) is 1.13. The fraction of sp³-hybridized carbons (Fsp3) is 0.571. The summed E-state index contributed by atoms with van der Waals surface area (Å²) in [7, 11) is 1.67. The van der Waals surface area contributed by atoms with Gasteiger partial charge in [0.05, 0.1) is 0 Å². The smallest absolute Gasteiger partial charge is 0.251 e. The van der Waals surface area contributed by atoms with E-state index in [2.05, 4.69) is 12.2 Å². The standard InChI is InChI=1S/C14H20N2O2/c1-10-4-3-5-12(10)9-15-14(18)11-6-7-16(2)13(17)8-11/h6-8,10,12H,3-5,9H2,1-2H3,(H,15,18). The van der Waals surface area contributed by atoms with E-state index in [4.69, 9.17) is 0 Å². The van der Waals surface area contributed by atoms with E-state index >= 15 is 0 Å². The highest BCUT2D eigenvalue weighted by molar-refractivity contribution is 5.93. The molecule has 4 heteroatoms. The quantitative estimate of drug-likeness (QED) is 0.882. The average molecular weight is 248 g/mol. The van der Waals surface area contributed by atoms with Gasteiger partial charge in [-0.25, -0.2) is 0 Å². The summed E-state index contributed by atoms with van der Waals surface area (Å²) >= 11 is 0. The van der Waals surface area contributed by atoms with Crippen molar-refractivity contribution in [2.45, 2.75) is 26.2 Å². The maximum absolute atomic E-state index is 11.9. The van der Waals surface area contributed by atoms with E-state index in [0.717, 1.165) is 6.54 Å². The fourth-order valence-electron chi connectivity index (χ4n) is 2.54. The van der Waals surface area contributed by atoms with Crippen LogP contribution in [-0.4, -0.2) is 17.0 Å².